The Morgan fingerprint density at radius 3 is 2.78 bits per heavy atom. The highest BCUT2D eigenvalue weighted by Crippen LogP contribution is 2.12. The zero-order valence-corrected chi connectivity index (χ0v) is 11.0. The predicted molar refractivity (Wildman–Crippen MR) is 67.3 cm³/mol. The molecule has 0 aliphatic heterocycles. The molecule has 0 aliphatic rings. The summed E-state index contributed by atoms with van der Waals surface area (Å²) >= 11 is 0. The Bertz CT molecular complexity index is 380. The van der Waals surface area contributed by atoms with Gasteiger partial charge in [0.2, 0.25) is 0 Å². The summed E-state index contributed by atoms with van der Waals surface area (Å²) in [5.41, 5.74) is 6.32. The largest absolute Gasteiger partial charge is 0.396 e. The smallest absolute Gasteiger partial charge is 0.274 e. The van der Waals surface area contributed by atoms with Gasteiger partial charge in [-0.2, -0.15) is 5.10 Å². The van der Waals surface area contributed by atoms with E-state index >= 15 is 0 Å². The molecule has 102 valence electrons. The van der Waals surface area contributed by atoms with E-state index in [0.29, 0.717) is 31.1 Å². The molecule has 0 bridgehead atoms. The zero-order chi connectivity index (χ0) is 13.5. The molecule has 0 radical (unpaired) electrons. The third-order valence-electron chi connectivity index (χ3n) is 2.62. The van der Waals surface area contributed by atoms with Crippen LogP contribution in [0.1, 0.15) is 17.4 Å². The molecule has 0 aromatic carbocycles. The minimum absolute atomic E-state index is 0.0691. The van der Waals surface area contributed by atoms with Crippen molar-refractivity contribution in [3.8, 4) is 0 Å². The van der Waals surface area contributed by atoms with Crippen LogP contribution in [0.15, 0.2) is 6.20 Å². The van der Waals surface area contributed by atoms with Crippen LogP contribution < -0.4 is 5.73 Å². The molecule has 0 spiro atoms. The van der Waals surface area contributed by atoms with Gasteiger partial charge >= 0.3 is 0 Å². The van der Waals surface area contributed by atoms with E-state index in [-0.39, 0.29) is 11.9 Å². The molecule has 1 rings (SSSR count). The van der Waals surface area contributed by atoms with Crippen molar-refractivity contribution in [3.05, 3.63) is 11.9 Å². The Kier molecular flexibility index (Phi) is 5.60. The third kappa shape index (κ3) is 3.44. The molecular weight excluding hydrogens is 236 g/mol. The summed E-state index contributed by atoms with van der Waals surface area (Å²) in [6.45, 7) is 3.28. The van der Waals surface area contributed by atoms with E-state index in [0.717, 1.165) is 0 Å². The van der Waals surface area contributed by atoms with Crippen molar-refractivity contribution in [2.45, 2.75) is 13.0 Å². The quantitative estimate of drug-likeness (QED) is 0.722. The van der Waals surface area contributed by atoms with Gasteiger partial charge in [-0.25, -0.2) is 0 Å². The van der Waals surface area contributed by atoms with Crippen LogP contribution in [0.5, 0.6) is 0 Å². The molecule has 1 heterocycles. The number of amides is 1. The molecule has 0 saturated heterocycles. The number of carbonyl (C=O) groups excluding carboxylic acids is 1. The van der Waals surface area contributed by atoms with Gasteiger partial charge in [-0.3, -0.25) is 9.89 Å². The number of methoxy groups -OCH3 is 2. The fraction of sp³-hybridized carbons (Fsp3) is 0.636. The minimum Gasteiger partial charge on any atom is -0.396 e. The lowest BCUT2D eigenvalue weighted by atomic mass is 10.2. The Balaban J connectivity index is 2.81. The Labute approximate surface area is 106 Å². The predicted octanol–water partition coefficient (Wildman–Crippen LogP) is 0.115. The first-order chi connectivity index (χ1) is 8.61. The van der Waals surface area contributed by atoms with Gasteiger partial charge in [0.05, 0.1) is 31.1 Å². The number of hydrogen-bond donors (Lipinski definition) is 2. The van der Waals surface area contributed by atoms with Crippen molar-refractivity contribution >= 4 is 11.6 Å². The molecule has 3 N–H and O–H groups in total. The molecule has 7 nitrogen and oxygen atoms in total. The fourth-order valence-electron chi connectivity index (χ4n) is 1.65. The van der Waals surface area contributed by atoms with Crippen LogP contribution in [-0.2, 0) is 9.47 Å². The summed E-state index contributed by atoms with van der Waals surface area (Å²) in [6, 6.07) is -0.0691. The molecular formula is C11H20N4O3. The first-order valence-electron chi connectivity index (χ1n) is 5.69. The fourth-order valence-corrected chi connectivity index (χ4v) is 1.65. The van der Waals surface area contributed by atoms with Crippen molar-refractivity contribution < 1.29 is 14.3 Å². The van der Waals surface area contributed by atoms with Crippen LogP contribution in [0, 0.1) is 0 Å². The minimum atomic E-state index is -0.202. The van der Waals surface area contributed by atoms with E-state index in [1.165, 1.54) is 6.20 Å². The number of hydrogen-bond acceptors (Lipinski definition) is 5. The molecule has 1 aromatic rings. The van der Waals surface area contributed by atoms with Crippen molar-refractivity contribution in [3.63, 3.8) is 0 Å². The van der Waals surface area contributed by atoms with Crippen LogP contribution in [0.25, 0.3) is 0 Å². The standard InChI is InChI=1S/C11H20N4O3/c1-8(7-18-3)15(4-5-17-2)11(16)10-9(12)6-13-14-10/h6,8H,4-5,7,12H2,1-3H3,(H,13,14). The summed E-state index contributed by atoms with van der Waals surface area (Å²) in [5, 5.41) is 6.36. The van der Waals surface area contributed by atoms with Gasteiger partial charge in [0.25, 0.3) is 5.91 Å². The lowest BCUT2D eigenvalue weighted by molar-refractivity contribution is 0.0475. The average molecular weight is 256 g/mol. The number of ether oxygens (including phenoxy) is 2. The normalized spacial score (nSPS) is 12.4. The Morgan fingerprint density at radius 2 is 2.28 bits per heavy atom. The second kappa shape index (κ2) is 6.97. The number of aromatic nitrogens is 2. The summed E-state index contributed by atoms with van der Waals surface area (Å²) in [4.78, 5) is 14.0. The Morgan fingerprint density at radius 1 is 1.56 bits per heavy atom. The van der Waals surface area contributed by atoms with Crippen LogP contribution in [0.2, 0.25) is 0 Å². The number of nitrogen functional groups attached to an aromatic ring is 1. The number of nitrogens with zero attached hydrogens (tertiary/aromatic N) is 2. The van der Waals surface area contributed by atoms with Crippen molar-refractivity contribution in [1.29, 1.82) is 0 Å². The monoisotopic (exact) mass is 256 g/mol. The van der Waals surface area contributed by atoms with E-state index in [1.54, 1.807) is 19.1 Å². The number of carbonyl (C=O) groups is 1. The highest BCUT2D eigenvalue weighted by atomic mass is 16.5. The van der Waals surface area contributed by atoms with E-state index in [1.807, 2.05) is 6.92 Å². The van der Waals surface area contributed by atoms with Gasteiger partial charge in [-0.05, 0) is 6.92 Å². The SMILES string of the molecule is COCCN(C(=O)c1[nH]ncc1N)C(C)COC. The molecule has 1 amide bonds. The summed E-state index contributed by atoms with van der Waals surface area (Å²) in [7, 11) is 3.19. The lowest BCUT2D eigenvalue weighted by Crippen LogP contribution is -2.43. The number of rotatable bonds is 7. The summed E-state index contributed by atoms with van der Waals surface area (Å²) in [5.74, 6) is -0.202. The van der Waals surface area contributed by atoms with Crippen molar-refractivity contribution in [1.82, 2.24) is 15.1 Å². The Hall–Kier alpha value is -1.60. The molecule has 0 aliphatic carbocycles. The summed E-state index contributed by atoms with van der Waals surface area (Å²) < 4.78 is 10.1. The lowest BCUT2D eigenvalue weighted by Gasteiger charge is -2.28. The van der Waals surface area contributed by atoms with E-state index in [9.17, 15) is 4.79 Å². The van der Waals surface area contributed by atoms with Gasteiger partial charge in [0.15, 0.2) is 0 Å². The van der Waals surface area contributed by atoms with Gasteiger partial charge < -0.3 is 20.1 Å². The van der Waals surface area contributed by atoms with Crippen molar-refractivity contribution in [2.24, 2.45) is 0 Å². The number of H-pyrrole nitrogens is 1. The maximum Gasteiger partial charge on any atom is 0.274 e. The van der Waals surface area contributed by atoms with Crippen LogP contribution >= 0.6 is 0 Å². The average Bonchev–Trinajstić information content (AvgIpc) is 2.76. The number of nitrogens with one attached hydrogen (secondary N) is 1. The first-order valence-corrected chi connectivity index (χ1v) is 5.69. The third-order valence-corrected chi connectivity index (χ3v) is 2.62. The highest BCUT2D eigenvalue weighted by Gasteiger charge is 2.24. The van der Waals surface area contributed by atoms with Gasteiger partial charge in [0.1, 0.15) is 5.69 Å². The van der Waals surface area contributed by atoms with Crippen LogP contribution in [0.3, 0.4) is 0 Å². The maximum absolute atomic E-state index is 12.3. The van der Waals surface area contributed by atoms with Gasteiger partial charge in [-0.15, -0.1) is 0 Å². The molecule has 1 aromatic heterocycles. The molecule has 1 unspecified atom stereocenters. The number of aromatic amines is 1. The van der Waals surface area contributed by atoms with Crippen LogP contribution in [-0.4, -0.2) is 61.0 Å². The molecule has 0 saturated carbocycles. The summed E-state index contributed by atoms with van der Waals surface area (Å²) in [6.07, 6.45) is 1.42. The van der Waals surface area contributed by atoms with E-state index in [4.69, 9.17) is 15.2 Å². The highest BCUT2D eigenvalue weighted by molar-refractivity contribution is 5.97. The molecule has 7 heteroatoms. The maximum atomic E-state index is 12.3. The number of nitrogens with two attached hydrogens (primary N) is 1. The second-order valence-corrected chi connectivity index (χ2v) is 4.00. The van der Waals surface area contributed by atoms with Crippen LogP contribution in [0.4, 0.5) is 5.69 Å². The van der Waals surface area contributed by atoms with E-state index in [2.05, 4.69) is 10.2 Å². The molecule has 18 heavy (non-hydrogen) atoms. The molecule has 1 atom stereocenters. The second-order valence-electron chi connectivity index (χ2n) is 4.00. The van der Waals surface area contributed by atoms with Gasteiger partial charge in [0, 0.05) is 20.8 Å². The number of anilines is 1. The zero-order valence-electron chi connectivity index (χ0n) is 11.0. The molecule has 0 fully saturated rings. The van der Waals surface area contributed by atoms with Crippen molar-refractivity contribution in [2.75, 3.05) is 39.7 Å². The topological polar surface area (TPSA) is 93.5 Å². The van der Waals surface area contributed by atoms with E-state index < -0.39 is 0 Å². The van der Waals surface area contributed by atoms with Gasteiger partial charge in [-0.1, -0.05) is 0 Å². The first kappa shape index (κ1) is 14.5.